The lowest BCUT2D eigenvalue weighted by atomic mass is 10.2. The van der Waals surface area contributed by atoms with E-state index in [4.69, 9.17) is 4.52 Å². The van der Waals surface area contributed by atoms with Crippen LogP contribution in [0.4, 0.5) is 5.13 Å². The average Bonchev–Trinajstić information content (AvgIpc) is 3.32. The number of aryl methyl sites for hydroxylation is 1. The number of rotatable bonds is 6. The van der Waals surface area contributed by atoms with Gasteiger partial charge in [0.2, 0.25) is 17.6 Å². The number of pyridine rings is 1. The fourth-order valence-electron chi connectivity index (χ4n) is 2.56. The lowest BCUT2D eigenvalue weighted by molar-refractivity contribution is -0.116. The minimum absolute atomic E-state index is 0.138. The van der Waals surface area contributed by atoms with Crippen LogP contribution in [0.3, 0.4) is 0 Å². The van der Waals surface area contributed by atoms with Gasteiger partial charge in [0.1, 0.15) is 0 Å². The zero-order valence-corrected chi connectivity index (χ0v) is 16.8. The summed E-state index contributed by atoms with van der Waals surface area (Å²) in [6.45, 7) is 0. The van der Waals surface area contributed by atoms with Crippen LogP contribution in [0.15, 0.2) is 52.1 Å². The molecule has 1 amide bonds. The summed E-state index contributed by atoms with van der Waals surface area (Å²) >= 11 is 1.21. The van der Waals surface area contributed by atoms with Crippen molar-refractivity contribution >= 4 is 42.4 Å². The van der Waals surface area contributed by atoms with E-state index < -0.39 is 9.84 Å². The van der Waals surface area contributed by atoms with E-state index >= 15 is 0 Å². The van der Waals surface area contributed by atoms with Crippen LogP contribution in [0, 0.1) is 0 Å². The first-order chi connectivity index (χ1) is 13.9. The van der Waals surface area contributed by atoms with Crippen LogP contribution < -0.4 is 5.32 Å². The molecule has 4 aromatic rings. The molecule has 0 aliphatic carbocycles. The maximum absolute atomic E-state index is 12.2. The highest BCUT2D eigenvalue weighted by Gasteiger charge is 2.14. The molecular weight excluding hydrogens is 414 g/mol. The summed E-state index contributed by atoms with van der Waals surface area (Å²) < 4.78 is 29.2. The second-order valence-corrected chi connectivity index (χ2v) is 9.27. The SMILES string of the molecule is CS(=O)(=O)c1ccc2nc(NC(=O)CCc3nc(-c4cccnc4)no3)sc2c1. The molecule has 0 bridgehead atoms. The Morgan fingerprint density at radius 3 is 2.86 bits per heavy atom. The van der Waals surface area contributed by atoms with Gasteiger partial charge in [0.05, 0.1) is 15.1 Å². The number of hydrogen-bond acceptors (Lipinski definition) is 9. The van der Waals surface area contributed by atoms with Crippen LogP contribution >= 0.6 is 11.3 Å². The van der Waals surface area contributed by atoms with Gasteiger partial charge in [-0.15, -0.1) is 0 Å². The van der Waals surface area contributed by atoms with E-state index in [1.165, 1.54) is 17.4 Å². The maximum Gasteiger partial charge on any atom is 0.227 e. The summed E-state index contributed by atoms with van der Waals surface area (Å²) in [7, 11) is -3.30. The van der Waals surface area contributed by atoms with Gasteiger partial charge in [-0.2, -0.15) is 4.98 Å². The third-order valence-electron chi connectivity index (χ3n) is 3.99. The van der Waals surface area contributed by atoms with E-state index in [2.05, 4.69) is 25.4 Å². The Kier molecular flexibility index (Phi) is 5.07. The molecule has 1 N–H and O–H groups in total. The standard InChI is InChI=1S/C18H15N5O4S2/c1-29(25,26)12-4-5-13-14(9-12)28-18(20-13)21-15(24)6-7-16-22-17(23-27-16)11-3-2-8-19-10-11/h2-5,8-10H,6-7H2,1H3,(H,20,21,24). The van der Waals surface area contributed by atoms with Gasteiger partial charge in [0.15, 0.2) is 15.0 Å². The van der Waals surface area contributed by atoms with E-state index in [0.29, 0.717) is 27.1 Å². The number of anilines is 1. The number of benzene rings is 1. The van der Waals surface area contributed by atoms with E-state index in [0.717, 1.165) is 11.8 Å². The molecule has 9 nitrogen and oxygen atoms in total. The monoisotopic (exact) mass is 429 g/mol. The van der Waals surface area contributed by atoms with E-state index in [1.54, 1.807) is 30.6 Å². The summed E-state index contributed by atoms with van der Waals surface area (Å²) in [5, 5.41) is 7.01. The molecule has 0 saturated heterocycles. The van der Waals surface area contributed by atoms with Crippen molar-refractivity contribution < 1.29 is 17.7 Å². The predicted octanol–water partition coefficient (Wildman–Crippen LogP) is 2.72. The van der Waals surface area contributed by atoms with E-state index in [-0.39, 0.29) is 23.6 Å². The molecule has 0 radical (unpaired) electrons. The summed E-state index contributed by atoms with van der Waals surface area (Å²) in [6.07, 6.45) is 4.85. The summed E-state index contributed by atoms with van der Waals surface area (Å²) in [6, 6.07) is 8.26. The Labute approximate surface area is 169 Å². The fourth-order valence-corrected chi connectivity index (χ4v) is 4.20. The Bertz CT molecular complexity index is 1280. The van der Waals surface area contributed by atoms with Crippen molar-refractivity contribution in [3.8, 4) is 11.4 Å². The zero-order chi connectivity index (χ0) is 20.4. The molecule has 0 atom stereocenters. The van der Waals surface area contributed by atoms with Crippen molar-refractivity contribution in [2.75, 3.05) is 11.6 Å². The number of nitrogens with one attached hydrogen (secondary N) is 1. The molecule has 29 heavy (non-hydrogen) atoms. The highest BCUT2D eigenvalue weighted by Crippen LogP contribution is 2.28. The molecule has 0 unspecified atom stereocenters. The first-order valence-corrected chi connectivity index (χ1v) is 11.2. The van der Waals surface area contributed by atoms with Gasteiger partial charge in [-0.05, 0) is 30.3 Å². The topological polar surface area (TPSA) is 128 Å². The molecule has 0 spiro atoms. The smallest absolute Gasteiger partial charge is 0.227 e. The van der Waals surface area contributed by atoms with Crippen LogP contribution in [0.2, 0.25) is 0 Å². The molecule has 1 aromatic carbocycles. The van der Waals surface area contributed by atoms with E-state index in [9.17, 15) is 13.2 Å². The minimum Gasteiger partial charge on any atom is -0.339 e. The first kappa shape index (κ1) is 19.2. The van der Waals surface area contributed by atoms with Crippen molar-refractivity contribution in [3.05, 3.63) is 48.6 Å². The summed E-state index contributed by atoms with van der Waals surface area (Å²) in [5.41, 5.74) is 1.35. The van der Waals surface area contributed by atoms with Gasteiger partial charge in [-0.1, -0.05) is 16.5 Å². The summed E-state index contributed by atoms with van der Waals surface area (Å²) in [4.78, 5) is 25.0. The van der Waals surface area contributed by atoms with Crippen molar-refractivity contribution in [2.24, 2.45) is 0 Å². The lowest BCUT2D eigenvalue weighted by Gasteiger charge is -1.98. The van der Waals surface area contributed by atoms with Gasteiger partial charge < -0.3 is 9.84 Å². The number of aromatic nitrogens is 4. The predicted molar refractivity (Wildman–Crippen MR) is 107 cm³/mol. The third kappa shape index (κ3) is 4.46. The highest BCUT2D eigenvalue weighted by molar-refractivity contribution is 7.90. The van der Waals surface area contributed by atoms with Crippen LogP contribution in [-0.4, -0.2) is 40.7 Å². The van der Waals surface area contributed by atoms with Crippen LogP contribution in [0.25, 0.3) is 21.6 Å². The largest absolute Gasteiger partial charge is 0.339 e. The van der Waals surface area contributed by atoms with Gasteiger partial charge in [-0.3, -0.25) is 9.78 Å². The normalized spacial score (nSPS) is 11.6. The van der Waals surface area contributed by atoms with Gasteiger partial charge >= 0.3 is 0 Å². The average molecular weight is 429 g/mol. The number of hydrogen-bond donors (Lipinski definition) is 1. The van der Waals surface area contributed by atoms with Crippen LogP contribution in [0.5, 0.6) is 0 Å². The first-order valence-electron chi connectivity index (χ1n) is 8.52. The Hall–Kier alpha value is -3.18. The molecule has 148 valence electrons. The van der Waals surface area contributed by atoms with E-state index in [1.807, 2.05) is 6.07 Å². The fraction of sp³-hybridized carbons (Fsp3) is 0.167. The number of sulfone groups is 1. The van der Waals surface area contributed by atoms with Crippen molar-refractivity contribution in [2.45, 2.75) is 17.7 Å². The molecule has 4 rings (SSSR count). The Balaban J connectivity index is 1.39. The maximum atomic E-state index is 12.2. The molecule has 3 aromatic heterocycles. The Morgan fingerprint density at radius 1 is 1.24 bits per heavy atom. The second-order valence-electron chi connectivity index (χ2n) is 6.22. The molecule has 11 heteroatoms. The molecule has 0 aliphatic heterocycles. The number of carbonyl (C=O) groups is 1. The number of nitrogens with zero attached hydrogens (tertiary/aromatic N) is 4. The highest BCUT2D eigenvalue weighted by atomic mass is 32.2. The van der Waals surface area contributed by atoms with Gasteiger partial charge in [0, 0.05) is 37.1 Å². The number of carbonyl (C=O) groups excluding carboxylic acids is 1. The van der Waals surface area contributed by atoms with Crippen molar-refractivity contribution in [1.82, 2.24) is 20.1 Å². The Morgan fingerprint density at radius 2 is 2.10 bits per heavy atom. The van der Waals surface area contributed by atoms with Gasteiger partial charge in [-0.25, -0.2) is 13.4 Å². The quantitative estimate of drug-likeness (QED) is 0.495. The molecular formula is C18H15N5O4S2. The molecule has 0 fully saturated rings. The van der Waals surface area contributed by atoms with Crippen molar-refractivity contribution in [1.29, 1.82) is 0 Å². The molecule has 0 aliphatic rings. The van der Waals surface area contributed by atoms with Crippen molar-refractivity contribution in [3.63, 3.8) is 0 Å². The minimum atomic E-state index is -3.30. The number of thiazole rings is 1. The number of fused-ring (bicyclic) bond motifs is 1. The second kappa shape index (κ2) is 7.68. The van der Waals surface area contributed by atoms with Crippen LogP contribution in [0.1, 0.15) is 12.3 Å². The molecule has 3 heterocycles. The summed E-state index contributed by atoms with van der Waals surface area (Å²) in [5.74, 6) is 0.510. The molecule has 0 saturated carbocycles. The zero-order valence-electron chi connectivity index (χ0n) is 15.2. The number of amides is 1. The third-order valence-corrected chi connectivity index (χ3v) is 6.03. The van der Waals surface area contributed by atoms with Crippen LogP contribution in [-0.2, 0) is 21.1 Å². The lowest BCUT2D eigenvalue weighted by Crippen LogP contribution is -2.12. The van der Waals surface area contributed by atoms with Gasteiger partial charge in [0.25, 0.3) is 0 Å².